The molecular formula is C39H42FN7O5. The number of carbonyl (C=O) groups is 2. The van der Waals surface area contributed by atoms with Crippen molar-refractivity contribution in [1.82, 2.24) is 35.0 Å². The van der Waals surface area contributed by atoms with Gasteiger partial charge in [-0.25, -0.2) is 14.4 Å². The highest BCUT2D eigenvalue weighted by Crippen LogP contribution is 2.47. The first-order valence-corrected chi connectivity index (χ1v) is 17.7. The van der Waals surface area contributed by atoms with Gasteiger partial charge in [0, 0.05) is 81.9 Å². The summed E-state index contributed by atoms with van der Waals surface area (Å²) >= 11 is 0. The molecule has 0 radical (unpaired) electrons. The van der Waals surface area contributed by atoms with E-state index in [4.69, 9.17) is 19.2 Å². The van der Waals surface area contributed by atoms with Crippen LogP contribution in [0.2, 0.25) is 0 Å². The van der Waals surface area contributed by atoms with Crippen LogP contribution in [-0.2, 0) is 16.1 Å². The fraction of sp³-hybridized carbons (Fsp3) is 0.410. The molecule has 0 unspecified atom stereocenters. The minimum absolute atomic E-state index is 0.0156. The summed E-state index contributed by atoms with van der Waals surface area (Å²) in [7, 11) is 3.15. The molecule has 8 rings (SSSR count). The van der Waals surface area contributed by atoms with E-state index in [0.717, 1.165) is 60.6 Å². The van der Waals surface area contributed by atoms with E-state index < -0.39 is 5.82 Å². The molecule has 270 valence electrons. The van der Waals surface area contributed by atoms with Gasteiger partial charge in [-0.05, 0) is 30.5 Å². The molecule has 1 atom stereocenters. The summed E-state index contributed by atoms with van der Waals surface area (Å²) < 4.78 is 34.2. The zero-order chi connectivity index (χ0) is 36.1. The van der Waals surface area contributed by atoms with Crippen molar-refractivity contribution in [2.45, 2.75) is 44.8 Å². The zero-order valence-electron chi connectivity index (χ0n) is 29.9. The lowest BCUT2D eigenvalue weighted by atomic mass is 9.86. The number of pyridine rings is 1. The van der Waals surface area contributed by atoms with Crippen LogP contribution in [0, 0.1) is 12.7 Å². The minimum atomic E-state index is -0.413. The summed E-state index contributed by atoms with van der Waals surface area (Å²) in [5.74, 6) is 1.34. The molecular weight excluding hydrogens is 665 g/mol. The van der Waals surface area contributed by atoms with Crippen molar-refractivity contribution in [1.29, 1.82) is 0 Å². The fourth-order valence-electron chi connectivity index (χ4n) is 8.11. The second-order valence-corrected chi connectivity index (χ2v) is 14.1. The number of methoxy groups -OCH3 is 2. The van der Waals surface area contributed by atoms with Gasteiger partial charge in [0.25, 0.3) is 0 Å². The number of ether oxygens (including phenoxy) is 3. The topological polar surface area (TPSA) is 122 Å². The highest BCUT2D eigenvalue weighted by Gasteiger charge is 2.51. The summed E-state index contributed by atoms with van der Waals surface area (Å²) in [5.41, 5.74) is 5.64. The van der Waals surface area contributed by atoms with Crippen LogP contribution in [0.25, 0.3) is 33.6 Å². The minimum Gasteiger partial charge on any atom is -0.491 e. The normalized spacial score (nSPS) is 19.6. The summed E-state index contributed by atoms with van der Waals surface area (Å²) in [6, 6.07) is 13.0. The molecule has 3 saturated heterocycles. The molecule has 3 fully saturated rings. The molecule has 1 N–H and O–H groups in total. The molecule has 4 aliphatic heterocycles. The Morgan fingerprint density at radius 2 is 1.67 bits per heavy atom. The third kappa shape index (κ3) is 6.01. The van der Waals surface area contributed by atoms with Crippen LogP contribution in [0.15, 0.2) is 48.7 Å². The van der Waals surface area contributed by atoms with Gasteiger partial charge in [0.05, 0.1) is 48.9 Å². The summed E-state index contributed by atoms with van der Waals surface area (Å²) in [6.45, 7) is 8.86. The zero-order valence-corrected chi connectivity index (χ0v) is 29.9. The Balaban J connectivity index is 1.05. The second-order valence-electron chi connectivity index (χ2n) is 14.1. The maximum absolute atomic E-state index is 16.5. The highest BCUT2D eigenvalue weighted by atomic mass is 19.1. The van der Waals surface area contributed by atoms with Gasteiger partial charge < -0.3 is 24.4 Å². The van der Waals surface area contributed by atoms with Gasteiger partial charge in [0.1, 0.15) is 23.9 Å². The molecule has 0 aliphatic carbocycles. The van der Waals surface area contributed by atoms with Crippen molar-refractivity contribution in [3.05, 3.63) is 71.3 Å². The first kappa shape index (κ1) is 34.0. The number of aromatic nitrogens is 3. The largest absolute Gasteiger partial charge is 0.491 e. The van der Waals surface area contributed by atoms with Gasteiger partial charge in [-0.1, -0.05) is 30.3 Å². The fourth-order valence-corrected chi connectivity index (χ4v) is 8.11. The van der Waals surface area contributed by atoms with Crippen LogP contribution in [0.1, 0.15) is 42.6 Å². The van der Waals surface area contributed by atoms with Crippen molar-refractivity contribution in [2.24, 2.45) is 0 Å². The van der Waals surface area contributed by atoms with Crippen LogP contribution < -0.4 is 19.5 Å². The number of hydrogen-bond donors (Lipinski definition) is 1. The highest BCUT2D eigenvalue weighted by molar-refractivity contribution is 5.81. The van der Waals surface area contributed by atoms with Crippen LogP contribution in [0.4, 0.5) is 4.39 Å². The number of piperazine rings is 1. The van der Waals surface area contributed by atoms with Crippen LogP contribution in [0.3, 0.4) is 0 Å². The Hall–Kier alpha value is -5.14. The molecule has 4 aromatic rings. The van der Waals surface area contributed by atoms with E-state index in [0.29, 0.717) is 72.6 Å². The summed E-state index contributed by atoms with van der Waals surface area (Å²) in [6.07, 6.45) is 3.02. The number of carbonyl (C=O) groups excluding carboxylic acids is 2. The van der Waals surface area contributed by atoms with Crippen molar-refractivity contribution in [3.63, 3.8) is 0 Å². The molecule has 4 aliphatic rings. The number of amides is 2. The van der Waals surface area contributed by atoms with Gasteiger partial charge in [-0.15, -0.1) is 0 Å². The van der Waals surface area contributed by atoms with Crippen molar-refractivity contribution in [3.8, 4) is 51.2 Å². The SMILES string of the molecule is COc1nc(-c2cccc(-c3cccc(-c4cc5c(c(OC)n4)[C@@H](N4CC6(CCC(=O)N6)C4)CO5)c3C)c2F)cnc1CN1CCN(C(C)=O)CC1. The van der Waals surface area contributed by atoms with Crippen LogP contribution in [0.5, 0.6) is 17.5 Å². The Morgan fingerprint density at radius 1 is 0.981 bits per heavy atom. The Bertz CT molecular complexity index is 2060. The Morgan fingerprint density at radius 3 is 2.37 bits per heavy atom. The van der Waals surface area contributed by atoms with Crippen molar-refractivity contribution < 1.29 is 28.2 Å². The van der Waals surface area contributed by atoms with Gasteiger partial charge in [0.2, 0.25) is 23.6 Å². The molecule has 2 aromatic carbocycles. The average Bonchev–Trinajstić information content (AvgIpc) is 3.75. The van der Waals surface area contributed by atoms with Gasteiger partial charge in [-0.2, -0.15) is 0 Å². The molecule has 52 heavy (non-hydrogen) atoms. The molecule has 13 heteroatoms. The maximum atomic E-state index is 16.5. The molecule has 6 heterocycles. The molecule has 2 aromatic heterocycles. The monoisotopic (exact) mass is 707 g/mol. The number of nitrogens with one attached hydrogen (secondary N) is 1. The van der Waals surface area contributed by atoms with E-state index in [1.807, 2.05) is 42.2 Å². The van der Waals surface area contributed by atoms with E-state index in [2.05, 4.69) is 25.1 Å². The number of rotatable bonds is 8. The Labute approximate surface area is 301 Å². The van der Waals surface area contributed by atoms with Crippen LogP contribution >= 0.6 is 0 Å². The predicted octanol–water partition coefficient (Wildman–Crippen LogP) is 4.40. The van der Waals surface area contributed by atoms with Crippen molar-refractivity contribution in [2.75, 3.05) is 60.1 Å². The second kappa shape index (κ2) is 13.4. The first-order valence-electron chi connectivity index (χ1n) is 17.7. The molecule has 2 amide bonds. The molecule has 1 spiro atoms. The quantitative estimate of drug-likeness (QED) is 0.282. The van der Waals surface area contributed by atoms with E-state index in [1.54, 1.807) is 32.4 Å². The molecule has 0 saturated carbocycles. The van der Waals surface area contributed by atoms with E-state index >= 15 is 4.39 Å². The summed E-state index contributed by atoms with van der Waals surface area (Å²) in [5, 5.41) is 3.15. The number of benzene rings is 2. The van der Waals surface area contributed by atoms with Gasteiger partial charge in [0.15, 0.2) is 0 Å². The lowest BCUT2D eigenvalue weighted by Gasteiger charge is -2.50. The number of hydrogen-bond acceptors (Lipinski definition) is 10. The number of nitrogens with zero attached hydrogens (tertiary/aromatic N) is 6. The van der Waals surface area contributed by atoms with Crippen LogP contribution in [-0.4, -0.2) is 107 Å². The van der Waals surface area contributed by atoms with Gasteiger partial charge >= 0.3 is 0 Å². The third-order valence-electron chi connectivity index (χ3n) is 11.0. The van der Waals surface area contributed by atoms with E-state index in [9.17, 15) is 9.59 Å². The molecule has 12 nitrogen and oxygen atoms in total. The smallest absolute Gasteiger partial charge is 0.237 e. The maximum Gasteiger partial charge on any atom is 0.237 e. The Kier molecular flexibility index (Phi) is 8.78. The lowest BCUT2D eigenvalue weighted by molar-refractivity contribution is -0.130. The first-order chi connectivity index (χ1) is 25.2. The predicted molar refractivity (Wildman–Crippen MR) is 191 cm³/mol. The lowest BCUT2D eigenvalue weighted by Crippen LogP contribution is -2.67. The van der Waals surface area contributed by atoms with Crippen molar-refractivity contribution >= 4 is 11.8 Å². The molecule has 0 bridgehead atoms. The number of fused-ring (bicyclic) bond motifs is 1. The third-order valence-corrected chi connectivity index (χ3v) is 11.0. The standard InChI is InChI=1S/C39H42FN7O5/c1-23-25(27-9-6-10-28(36(27)40)30-18-41-31(37(43-30)50-3)19-45-13-15-46(16-14-45)24(2)48)7-5-8-26(23)29-17-33-35(38(42-29)51-4)32(20-52-33)47-21-39(22-47)12-11-34(49)44-39/h5-10,17-18,32H,11-16,19-22H2,1-4H3,(H,44,49)/t32-/m0/s1. The number of halogens is 1. The average molecular weight is 708 g/mol. The van der Waals surface area contributed by atoms with E-state index in [1.165, 1.54) is 7.11 Å². The van der Waals surface area contributed by atoms with E-state index in [-0.39, 0.29) is 23.4 Å². The van der Waals surface area contributed by atoms with Gasteiger partial charge in [-0.3, -0.25) is 24.4 Å². The summed E-state index contributed by atoms with van der Waals surface area (Å²) in [4.78, 5) is 44.2. The number of likely N-dealkylation sites (tertiary alicyclic amines) is 1.